The van der Waals surface area contributed by atoms with Gasteiger partial charge in [0.1, 0.15) is 6.73 Å². The van der Waals surface area contributed by atoms with Crippen LogP contribution in [0, 0.1) is 0 Å². The number of hydrogen-bond acceptors (Lipinski definition) is 8. The van der Waals surface area contributed by atoms with E-state index in [0.29, 0.717) is 4.88 Å². The van der Waals surface area contributed by atoms with Crippen LogP contribution in [0.4, 0.5) is 0 Å². The van der Waals surface area contributed by atoms with E-state index in [2.05, 4.69) is 5.32 Å². The molecule has 1 N–H and O–H groups in total. The summed E-state index contributed by atoms with van der Waals surface area (Å²) in [6, 6.07) is 0. The highest BCUT2D eigenvalue weighted by Crippen LogP contribution is 2.31. The van der Waals surface area contributed by atoms with Crippen LogP contribution in [0.2, 0.25) is 0 Å². The van der Waals surface area contributed by atoms with E-state index in [1.807, 2.05) is 20.8 Å². The summed E-state index contributed by atoms with van der Waals surface area (Å²) in [6.07, 6.45) is -0.398. The Bertz CT molecular complexity index is 757. The van der Waals surface area contributed by atoms with Crippen molar-refractivity contribution in [2.24, 2.45) is 0 Å². The molecule has 1 aromatic heterocycles. The molecule has 0 atom stereocenters. The maximum Gasteiger partial charge on any atom is 0.343 e. The fourth-order valence-corrected chi connectivity index (χ4v) is 3.81. The number of nitrogens with zero attached hydrogens (tertiary/aromatic N) is 1. The number of amides is 1. The molecule has 0 aliphatic rings. The first-order valence-corrected chi connectivity index (χ1v) is 8.90. The summed E-state index contributed by atoms with van der Waals surface area (Å²) in [5.41, 5.74) is -2.81. The molecule has 0 aromatic carbocycles. The molecule has 1 aromatic rings. The van der Waals surface area contributed by atoms with Gasteiger partial charge in [-0.3, -0.25) is 9.59 Å². The number of esters is 2. The Kier molecular flexibility index (Phi) is 7.32. The SMILES string of the molecule is COCn1sc(C(C)(C)C)c(CC(NC(C)=O)(C(=O)OC)C(=O)OC)c1=O. The first kappa shape index (κ1) is 22.8. The molecule has 0 aliphatic heterocycles. The standard InChI is InChI=1S/C17H26N2O7S/c1-10(20)18-17(14(22)25-6,15(23)26-7)8-11-12(16(2,3)4)27-19(9-24-5)13(11)21/h8-9H2,1-7H3,(H,18,20). The van der Waals surface area contributed by atoms with Crippen molar-refractivity contribution in [3.05, 3.63) is 20.8 Å². The fraction of sp³-hybridized carbons (Fsp3) is 0.647. The normalized spacial score (nSPS) is 11.8. The van der Waals surface area contributed by atoms with Crippen LogP contribution in [-0.2, 0) is 47.2 Å². The highest BCUT2D eigenvalue weighted by molar-refractivity contribution is 7.06. The van der Waals surface area contributed by atoms with E-state index in [1.165, 1.54) is 22.6 Å². The second-order valence-electron chi connectivity index (χ2n) is 7.00. The van der Waals surface area contributed by atoms with Crippen LogP contribution in [0.1, 0.15) is 38.1 Å². The number of carbonyl (C=O) groups is 3. The quantitative estimate of drug-likeness (QED) is 0.524. The Morgan fingerprint density at radius 3 is 1.96 bits per heavy atom. The zero-order valence-electron chi connectivity index (χ0n) is 16.6. The van der Waals surface area contributed by atoms with Crippen molar-refractivity contribution in [2.75, 3.05) is 21.3 Å². The molecule has 152 valence electrons. The van der Waals surface area contributed by atoms with Gasteiger partial charge in [-0.25, -0.2) is 13.5 Å². The van der Waals surface area contributed by atoms with E-state index in [4.69, 9.17) is 14.2 Å². The monoisotopic (exact) mass is 402 g/mol. The van der Waals surface area contributed by atoms with Crippen LogP contribution in [0.5, 0.6) is 0 Å². The van der Waals surface area contributed by atoms with E-state index in [-0.39, 0.29) is 12.3 Å². The highest BCUT2D eigenvalue weighted by Gasteiger charge is 2.51. The summed E-state index contributed by atoms with van der Waals surface area (Å²) in [4.78, 5) is 50.3. The summed E-state index contributed by atoms with van der Waals surface area (Å²) in [6.45, 7) is 6.87. The van der Waals surface area contributed by atoms with Crippen molar-refractivity contribution in [2.45, 2.75) is 51.8 Å². The minimum atomic E-state index is -2.17. The maximum atomic E-state index is 12.9. The Labute approximate surface area is 161 Å². The molecule has 0 unspecified atom stereocenters. The predicted molar refractivity (Wildman–Crippen MR) is 98.6 cm³/mol. The average Bonchev–Trinajstić information content (AvgIpc) is 2.89. The topological polar surface area (TPSA) is 113 Å². The molecule has 0 radical (unpaired) electrons. The number of ether oxygens (including phenoxy) is 3. The van der Waals surface area contributed by atoms with Crippen molar-refractivity contribution in [3.8, 4) is 0 Å². The van der Waals surface area contributed by atoms with Crippen molar-refractivity contribution in [1.29, 1.82) is 0 Å². The molecular weight excluding hydrogens is 376 g/mol. The van der Waals surface area contributed by atoms with Crippen LogP contribution >= 0.6 is 11.5 Å². The van der Waals surface area contributed by atoms with Crippen LogP contribution < -0.4 is 10.9 Å². The van der Waals surface area contributed by atoms with E-state index in [0.717, 1.165) is 21.1 Å². The maximum absolute atomic E-state index is 12.9. The Balaban J connectivity index is 3.70. The van der Waals surface area contributed by atoms with E-state index >= 15 is 0 Å². The fourth-order valence-electron chi connectivity index (χ4n) is 2.69. The molecule has 27 heavy (non-hydrogen) atoms. The molecule has 0 fully saturated rings. The molecule has 1 rings (SSSR count). The van der Waals surface area contributed by atoms with Gasteiger partial charge in [-0.15, -0.1) is 0 Å². The summed E-state index contributed by atoms with van der Waals surface area (Å²) in [5.74, 6) is -2.68. The van der Waals surface area contributed by atoms with E-state index in [9.17, 15) is 19.2 Å². The molecule has 10 heteroatoms. The van der Waals surface area contributed by atoms with E-state index < -0.39 is 40.8 Å². The molecule has 1 amide bonds. The minimum Gasteiger partial charge on any atom is -0.467 e. The molecule has 0 saturated carbocycles. The third-order valence-corrected chi connectivity index (χ3v) is 5.32. The molecule has 0 bridgehead atoms. The molecule has 0 spiro atoms. The van der Waals surface area contributed by atoms with Gasteiger partial charge in [-0.2, -0.15) is 0 Å². The third kappa shape index (κ3) is 4.75. The van der Waals surface area contributed by atoms with Crippen molar-refractivity contribution in [1.82, 2.24) is 9.27 Å². The predicted octanol–water partition coefficient (Wildman–Crippen LogP) is 0.575. The molecule has 0 aliphatic carbocycles. The number of rotatable bonds is 7. The minimum absolute atomic E-state index is 0.0240. The Morgan fingerprint density at radius 2 is 1.59 bits per heavy atom. The van der Waals surface area contributed by atoms with Crippen molar-refractivity contribution >= 4 is 29.4 Å². The zero-order valence-corrected chi connectivity index (χ0v) is 17.4. The van der Waals surface area contributed by atoms with Gasteiger partial charge in [-0.05, 0) is 5.41 Å². The van der Waals surface area contributed by atoms with Crippen LogP contribution in [-0.4, -0.2) is 48.7 Å². The zero-order chi connectivity index (χ0) is 21.0. The van der Waals surface area contributed by atoms with Crippen molar-refractivity contribution < 1.29 is 28.6 Å². The summed E-state index contributed by atoms with van der Waals surface area (Å²) in [7, 11) is 3.62. The lowest BCUT2D eigenvalue weighted by Gasteiger charge is -2.29. The van der Waals surface area contributed by atoms with Gasteiger partial charge in [0.15, 0.2) is 0 Å². The summed E-state index contributed by atoms with van der Waals surface area (Å²) < 4.78 is 15.9. The van der Waals surface area contributed by atoms with Gasteiger partial charge in [0.25, 0.3) is 5.56 Å². The van der Waals surface area contributed by atoms with Gasteiger partial charge in [0.2, 0.25) is 11.4 Å². The lowest BCUT2D eigenvalue weighted by molar-refractivity contribution is -0.165. The summed E-state index contributed by atoms with van der Waals surface area (Å²) in [5, 5.41) is 2.33. The smallest absolute Gasteiger partial charge is 0.343 e. The number of hydrogen-bond donors (Lipinski definition) is 1. The number of aromatic nitrogens is 1. The van der Waals surface area contributed by atoms with Gasteiger partial charge in [0.05, 0.1) is 14.2 Å². The van der Waals surface area contributed by atoms with Crippen LogP contribution in [0.25, 0.3) is 0 Å². The second-order valence-corrected chi connectivity index (χ2v) is 8.03. The lowest BCUT2D eigenvalue weighted by Crippen LogP contribution is -2.62. The first-order valence-electron chi connectivity index (χ1n) is 8.12. The Hall–Kier alpha value is -2.20. The summed E-state index contributed by atoms with van der Waals surface area (Å²) >= 11 is 1.18. The average molecular weight is 402 g/mol. The Morgan fingerprint density at radius 1 is 1.07 bits per heavy atom. The van der Waals surface area contributed by atoms with Crippen LogP contribution in [0.15, 0.2) is 4.79 Å². The molecule has 9 nitrogen and oxygen atoms in total. The highest BCUT2D eigenvalue weighted by atomic mass is 32.1. The number of methoxy groups -OCH3 is 3. The largest absolute Gasteiger partial charge is 0.467 e. The van der Waals surface area contributed by atoms with Crippen molar-refractivity contribution in [3.63, 3.8) is 0 Å². The van der Waals surface area contributed by atoms with Gasteiger partial charge in [-0.1, -0.05) is 32.3 Å². The number of nitrogens with one attached hydrogen (secondary N) is 1. The van der Waals surface area contributed by atoms with Gasteiger partial charge < -0.3 is 19.5 Å². The molecule has 0 saturated heterocycles. The van der Waals surface area contributed by atoms with Gasteiger partial charge >= 0.3 is 11.9 Å². The van der Waals surface area contributed by atoms with Crippen LogP contribution in [0.3, 0.4) is 0 Å². The first-order chi connectivity index (χ1) is 12.4. The lowest BCUT2D eigenvalue weighted by atomic mass is 9.85. The molecular formula is C17H26N2O7S. The number of carbonyl (C=O) groups excluding carboxylic acids is 3. The second kappa shape index (κ2) is 8.66. The van der Waals surface area contributed by atoms with Gasteiger partial charge in [0, 0.05) is 30.9 Å². The van der Waals surface area contributed by atoms with E-state index in [1.54, 1.807) is 0 Å². The molecule has 1 heterocycles. The third-order valence-electron chi connectivity index (χ3n) is 3.79.